The fraction of sp³-hybridized carbons (Fsp3) is 0.559. The molecule has 4 N–H and O–H groups in total. The minimum Gasteiger partial charge on any atom is -0.491 e. The predicted octanol–water partition coefficient (Wildman–Crippen LogP) is 4.22. The summed E-state index contributed by atoms with van der Waals surface area (Å²) < 4.78 is 5.93. The molecule has 3 atom stereocenters. The molecule has 2 aromatic carbocycles. The van der Waals surface area contributed by atoms with Gasteiger partial charge in [-0.3, -0.25) is 14.4 Å². The number of nitrogens with zero attached hydrogens (tertiary/aromatic N) is 1. The number of hydrogen-bond acceptors (Lipinski definition) is 6. The van der Waals surface area contributed by atoms with Crippen LogP contribution in [0.15, 0.2) is 48.5 Å². The largest absolute Gasteiger partial charge is 0.491 e. The van der Waals surface area contributed by atoms with Crippen LogP contribution in [0.1, 0.15) is 82.6 Å². The zero-order valence-electron chi connectivity index (χ0n) is 26.4. The summed E-state index contributed by atoms with van der Waals surface area (Å²) in [7, 11) is 0. The Morgan fingerprint density at radius 1 is 1.05 bits per heavy atom. The van der Waals surface area contributed by atoms with Gasteiger partial charge in [0, 0.05) is 43.4 Å². The molecule has 9 heteroatoms. The lowest BCUT2D eigenvalue weighted by atomic mass is 9.99. The number of unbranched alkanes of at least 4 members (excludes halogenated alkanes) is 1. The molecule has 1 saturated heterocycles. The lowest BCUT2D eigenvalue weighted by Gasteiger charge is -2.27. The molecule has 1 fully saturated rings. The van der Waals surface area contributed by atoms with Crippen LogP contribution in [0.2, 0.25) is 0 Å². The smallest absolute Gasteiger partial charge is 0.251 e. The van der Waals surface area contributed by atoms with Crippen molar-refractivity contribution in [2.45, 2.75) is 97.4 Å². The van der Waals surface area contributed by atoms with Crippen molar-refractivity contribution >= 4 is 23.4 Å². The van der Waals surface area contributed by atoms with Crippen molar-refractivity contribution in [3.8, 4) is 5.75 Å². The van der Waals surface area contributed by atoms with Crippen LogP contribution < -0.4 is 25.6 Å². The average Bonchev–Trinajstić information content (AvgIpc) is 3.41. The van der Waals surface area contributed by atoms with Gasteiger partial charge < -0.3 is 30.7 Å². The molecule has 0 aliphatic carbocycles. The Hall–Kier alpha value is -3.43. The number of nitrogens with one attached hydrogen (secondary N) is 3. The van der Waals surface area contributed by atoms with Crippen LogP contribution in [-0.4, -0.2) is 66.8 Å². The molecule has 0 saturated carbocycles. The highest BCUT2D eigenvalue weighted by Gasteiger charge is 2.27. The summed E-state index contributed by atoms with van der Waals surface area (Å²) in [5.74, 6) is 0.403. The Morgan fingerprint density at radius 2 is 1.79 bits per heavy atom. The van der Waals surface area contributed by atoms with Crippen molar-refractivity contribution in [2.24, 2.45) is 5.92 Å². The monoisotopic (exact) mass is 594 g/mol. The summed E-state index contributed by atoms with van der Waals surface area (Å²) in [6.07, 6.45) is 3.04. The molecule has 3 unspecified atom stereocenters. The molecule has 0 spiro atoms. The molecule has 9 nitrogen and oxygen atoms in total. The third-order valence-electron chi connectivity index (χ3n) is 7.41. The summed E-state index contributed by atoms with van der Waals surface area (Å²) in [5.41, 5.74) is 1.93. The van der Waals surface area contributed by atoms with Crippen LogP contribution >= 0.6 is 0 Å². The number of ether oxygens (including phenoxy) is 1. The first kappa shape index (κ1) is 34.1. The van der Waals surface area contributed by atoms with Crippen LogP contribution in [0, 0.1) is 5.92 Å². The first-order valence-electron chi connectivity index (χ1n) is 15.7. The Balaban J connectivity index is 1.81. The molecule has 1 aliphatic heterocycles. The third kappa shape index (κ3) is 11.0. The van der Waals surface area contributed by atoms with E-state index in [1.54, 1.807) is 23.1 Å². The molecule has 2 aromatic rings. The van der Waals surface area contributed by atoms with Gasteiger partial charge in [0.1, 0.15) is 5.75 Å². The quantitative estimate of drug-likeness (QED) is 0.218. The molecular formula is C34H50N4O5. The first-order valence-corrected chi connectivity index (χ1v) is 15.7. The third-order valence-corrected chi connectivity index (χ3v) is 7.41. The van der Waals surface area contributed by atoms with Gasteiger partial charge in [0.25, 0.3) is 5.91 Å². The minimum absolute atomic E-state index is 0.0200. The summed E-state index contributed by atoms with van der Waals surface area (Å²) in [6, 6.07) is 13.8. The average molecular weight is 595 g/mol. The molecule has 1 heterocycles. The van der Waals surface area contributed by atoms with Crippen molar-refractivity contribution < 1.29 is 24.2 Å². The first-order chi connectivity index (χ1) is 20.6. The summed E-state index contributed by atoms with van der Waals surface area (Å²) in [4.78, 5) is 40.8. The molecule has 1 aliphatic rings. The Kier molecular flexibility index (Phi) is 13.5. The van der Waals surface area contributed by atoms with Crippen LogP contribution in [0.25, 0.3) is 0 Å². The second-order valence-electron chi connectivity index (χ2n) is 12.1. The van der Waals surface area contributed by atoms with Gasteiger partial charge in [0.2, 0.25) is 11.8 Å². The van der Waals surface area contributed by atoms with Gasteiger partial charge in [-0.25, -0.2) is 0 Å². The number of carbonyl (C=O) groups is 3. The lowest BCUT2D eigenvalue weighted by molar-refractivity contribution is -0.123. The topological polar surface area (TPSA) is 120 Å². The van der Waals surface area contributed by atoms with Gasteiger partial charge in [-0.05, 0) is 56.7 Å². The zero-order chi connectivity index (χ0) is 31.4. The van der Waals surface area contributed by atoms with E-state index in [0.717, 1.165) is 24.8 Å². The molecule has 43 heavy (non-hydrogen) atoms. The van der Waals surface area contributed by atoms with Gasteiger partial charge in [-0.1, -0.05) is 63.9 Å². The normalized spacial score (nSPS) is 15.4. The van der Waals surface area contributed by atoms with Crippen molar-refractivity contribution in [1.82, 2.24) is 16.0 Å². The van der Waals surface area contributed by atoms with E-state index in [1.807, 2.05) is 58.0 Å². The fourth-order valence-corrected chi connectivity index (χ4v) is 5.10. The number of rotatable bonds is 17. The number of amides is 3. The van der Waals surface area contributed by atoms with E-state index in [9.17, 15) is 19.5 Å². The number of benzene rings is 2. The van der Waals surface area contributed by atoms with Crippen LogP contribution in [0.5, 0.6) is 5.75 Å². The highest BCUT2D eigenvalue weighted by Crippen LogP contribution is 2.28. The molecular weight excluding hydrogens is 544 g/mol. The van der Waals surface area contributed by atoms with Crippen molar-refractivity contribution in [1.29, 1.82) is 0 Å². The van der Waals surface area contributed by atoms with Crippen LogP contribution in [-0.2, 0) is 16.0 Å². The number of hydrogen-bond donors (Lipinski definition) is 4. The van der Waals surface area contributed by atoms with Crippen LogP contribution in [0.4, 0.5) is 5.69 Å². The van der Waals surface area contributed by atoms with E-state index in [2.05, 4.69) is 22.9 Å². The van der Waals surface area contributed by atoms with Crippen molar-refractivity contribution in [2.75, 3.05) is 24.5 Å². The lowest BCUT2D eigenvalue weighted by Crippen LogP contribution is -2.52. The number of aliphatic hydroxyl groups excluding tert-OH is 1. The standard InChI is InChI=1S/C34H50N4O5/c1-6-7-14-29(34(42)36-21-23(2)3)35-22-31(39)30(17-25-12-9-8-10-13-25)37-33(41)26-18-27(38-16-11-15-32(38)40)20-28(19-26)43-24(4)5/h8-10,12-13,18-20,23-24,29-31,35,39H,6-7,11,14-17,21-22H2,1-5H3,(H,36,42)(H,37,41). The van der Waals surface area contributed by atoms with Gasteiger partial charge >= 0.3 is 0 Å². The summed E-state index contributed by atoms with van der Waals surface area (Å²) >= 11 is 0. The Bertz CT molecular complexity index is 1190. The highest BCUT2D eigenvalue weighted by molar-refractivity contribution is 5.99. The summed E-state index contributed by atoms with van der Waals surface area (Å²) in [5, 5.41) is 20.7. The number of aliphatic hydroxyl groups is 1. The predicted molar refractivity (Wildman–Crippen MR) is 170 cm³/mol. The van der Waals surface area contributed by atoms with E-state index in [4.69, 9.17) is 4.74 Å². The molecule has 3 rings (SSSR count). The van der Waals surface area contributed by atoms with Gasteiger partial charge in [-0.15, -0.1) is 0 Å². The summed E-state index contributed by atoms with van der Waals surface area (Å²) in [6.45, 7) is 11.3. The molecule has 0 radical (unpaired) electrons. The minimum atomic E-state index is -0.971. The van der Waals surface area contributed by atoms with Crippen molar-refractivity contribution in [3.05, 3.63) is 59.7 Å². The van der Waals surface area contributed by atoms with E-state index >= 15 is 0 Å². The van der Waals surface area contributed by atoms with E-state index in [0.29, 0.717) is 55.3 Å². The van der Waals surface area contributed by atoms with Gasteiger partial charge in [0.05, 0.1) is 24.3 Å². The molecule has 236 valence electrons. The second-order valence-corrected chi connectivity index (χ2v) is 12.1. The van der Waals surface area contributed by atoms with Crippen LogP contribution in [0.3, 0.4) is 0 Å². The maximum atomic E-state index is 13.7. The number of carbonyl (C=O) groups excluding carboxylic acids is 3. The molecule has 0 aromatic heterocycles. The maximum absolute atomic E-state index is 13.7. The molecule has 3 amide bonds. The van der Waals surface area contributed by atoms with E-state index in [-0.39, 0.29) is 30.4 Å². The van der Waals surface area contributed by atoms with E-state index < -0.39 is 18.2 Å². The maximum Gasteiger partial charge on any atom is 0.251 e. The highest BCUT2D eigenvalue weighted by atomic mass is 16.5. The second kappa shape index (κ2) is 17.0. The van der Waals surface area contributed by atoms with Gasteiger partial charge in [-0.2, -0.15) is 0 Å². The Morgan fingerprint density at radius 3 is 2.42 bits per heavy atom. The fourth-order valence-electron chi connectivity index (χ4n) is 5.10. The van der Waals surface area contributed by atoms with Gasteiger partial charge in [0.15, 0.2) is 0 Å². The van der Waals surface area contributed by atoms with Crippen molar-refractivity contribution in [3.63, 3.8) is 0 Å². The molecule has 0 bridgehead atoms. The SMILES string of the molecule is CCCCC(NCC(O)C(Cc1ccccc1)NC(=O)c1cc(OC(C)C)cc(N2CCCC2=O)c1)C(=O)NCC(C)C. The number of anilines is 1. The zero-order valence-corrected chi connectivity index (χ0v) is 26.4. The Labute approximate surface area is 256 Å². The van der Waals surface area contributed by atoms with E-state index in [1.165, 1.54) is 0 Å².